The van der Waals surface area contributed by atoms with Gasteiger partial charge in [0.05, 0.1) is 6.04 Å². The van der Waals surface area contributed by atoms with Crippen molar-refractivity contribution in [2.75, 3.05) is 11.4 Å². The normalized spacial score (nSPS) is 22.4. The first-order valence-electron chi connectivity index (χ1n) is 7.59. The molecule has 7 nitrogen and oxygen atoms in total. The lowest BCUT2D eigenvalue weighted by atomic mass is 9.91. The molecular formula is C15H18N6O. The Morgan fingerprint density at radius 1 is 1.23 bits per heavy atom. The third-order valence-corrected chi connectivity index (χ3v) is 4.30. The van der Waals surface area contributed by atoms with Crippen LogP contribution in [-0.2, 0) is 0 Å². The van der Waals surface area contributed by atoms with Crippen LogP contribution in [0.4, 0.5) is 5.82 Å². The van der Waals surface area contributed by atoms with E-state index in [-0.39, 0.29) is 6.04 Å². The number of hydrogen-bond donors (Lipinski definition) is 0. The zero-order valence-electron chi connectivity index (χ0n) is 12.7. The highest BCUT2D eigenvalue weighted by Crippen LogP contribution is 2.37. The Hall–Kier alpha value is -2.44. The third kappa shape index (κ3) is 2.22. The topological polar surface area (TPSA) is 72.4 Å². The molecule has 0 unspecified atom stereocenters. The highest BCUT2D eigenvalue weighted by atomic mass is 16.3. The first-order valence-corrected chi connectivity index (χ1v) is 7.59. The zero-order chi connectivity index (χ0) is 15.1. The largest absolute Gasteiger partial charge is 0.464 e. The number of hydrogen-bond acceptors (Lipinski definition) is 6. The van der Waals surface area contributed by atoms with Crippen molar-refractivity contribution < 1.29 is 4.42 Å². The summed E-state index contributed by atoms with van der Waals surface area (Å²) in [7, 11) is 0. The molecule has 4 heterocycles. The van der Waals surface area contributed by atoms with Crippen LogP contribution in [0.1, 0.15) is 37.3 Å². The van der Waals surface area contributed by atoms with Gasteiger partial charge in [-0.05, 0) is 60.4 Å². The Labute approximate surface area is 127 Å². The lowest BCUT2D eigenvalue weighted by Crippen LogP contribution is -2.37. The molecule has 0 aliphatic carbocycles. The van der Waals surface area contributed by atoms with E-state index < -0.39 is 0 Å². The number of furan rings is 1. The minimum atomic E-state index is 0.207. The van der Waals surface area contributed by atoms with Crippen LogP contribution in [0.5, 0.6) is 0 Å². The van der Waals surface area contributed by atoms with Gasteiger partial charge in [0.1, 0.15) is 11.5 Å². The number of fused-ring (bicyclic) bond motifs is 1. The van der Waals surface area contributed by atoms with Crippen LogP contribution >= 0.6 is 0 Å². The van der Waals surface area contributed by atoms with Gasteiger partial charge in [0.2, 0.25) is 0 Å². The molecule has 114 valence electrons. The maximum atomic E-state index is 5.88. The van der Waals surface area contributed by atoms with Gasteiger partial charge < -0.3 is 9.32 Å². The van der Waals surface area contributed by atoms with Crippen LogP contribution in [0, 0.1) is 12.8 Å². The fraction of sp³-hybridized carbons (Fsp3) is 0.467. The molecule has 0 spiro atoms. The Bertz CT molecular complexity index is 794. The summed E-state index contributed by atoms with van der Waals surface area (Å²) in [4.78, 5) is 2.29. The average Bonchev–Trinajstić information content (AvgIpc) is 3.15. The molecular weight excluding hydrogens is 280 g/mol. The van der Waals surface area contributed by atoms with Crippen LogP contribution in [0.25, 0.3) is 5.65 Å². The molecule has 0 saturated carbocycles. The Morgan fingerprint density at radius 3 is 2.95 bits per heavy atom. The lowest BCUT2D eigenvalue weighted by molar-refractivity contribution is 0.322. The van der Waals surface area contributed by atoms with Gasteiger partial charge in [-0.15, -0.1) is 14.8 Å². The summed E-state index contributed by atoms with van der Waals surface area (Å²) in [5.74, 6) is 3.49. The predicted molar refractivity (Wildman–Crippen MR) is 80.5 cm³/mol. The summed E-state index contributed by atoms with van der Waals surface area (Å²) in [6, 6.07) is 8.17. The number of anilines is 1. The van der Waals surface area contributed by atoms with E-state index in [0.29, 0.717) is 11.6 Å². The van der Waals surface area contributed by atoms with E-state index in [1.54, 1.807) is 0 Å². The van der Waals surface area contributed by atoms with Gasteiger partial charge in [0.25, 0.3) is 0 Å². The number of aryl methyl sites for hydroxylation is 1. The number of rotatable bonds is 2. The van der Waals surface area contributed by atoms with Gasteiger partial charge in [0, 0.05) is 6.54 Å². The zero-order valence-corrected chi connectivity index (χ0v) is 12.7. The summed E-state index contributed by atoms with van der Waals surface area (Å²) in [6.45, 7) is 5.22. The third-order valence-electron chi connectivity index (χ3n) is 4.30. The highest BCUT2D eigenvalue weighted by Gasteiger charge is 2.31. The van der Waals surface area contributed by atoms with Gasteiger partial charge in [0.15, 0.2) is 11.5 Å². The van der Waals surface area contributed by atoms with Crippen LogP contribution in [0.2, 0.25) is 0 Å². The molecule has 7 heteroatoms. The second kappa shape index (κ2) is 5.08. The van der Waals surface area contributed by atoms with Crippen LogP contribution < -0.4 is 4.90 Å². The first kappa shape index (κ1) is 13.2. The molecule has 1 aliphatic heterocycles. The Balaban J connectivity index is 1.73. The summed E-state index contributed by atoms with van der Waals surface area (Å²) >= 11 is 0. The number of piperidine rings is 1. The van der Waals surface area contributed by atoms with Gasteiger partial charge in [-0.3, -0.25) is 0 Å². The molecule has 0 amide bonds. The smallest absolute Gasteiger partial charge is 0.200 e. The molecule has 3 aromatic heterocycles. The molecule has 1 aliphatic rings. The Kier molecular flexibility index (Phi) is 3.06. The van der Waals surface area contributed by atoms with Crippen molar-refractivity contribution >= 4 is 11.5 Å². The van der Waals surface area contributed by atoms with Crippen molar-refractivity contribution in [2.45, 2.75) is 32.7 Å². The summed E-state index contributed by atoms with van der Waals surface area (Å²) in [5, 5.41) is 16.0. The van der Waals surface area contributed by atoms with E-state index in [1.165, 1.54) is 4.63 Å². The fourth-order valence-corrected chi connectivity index (χ4v) is 3.11. The van der Waals surface area contributed by atoms with Crippen LogP contribution in [0.3, 0.4) is 0 Å². The molecule has 0 N–H and O–H groups in total. The molecule has 1 saturated heterocycles. The van der Waals surface area contributed by atoms with Crippen LogP contribution in [0.15, 0.2) is 28.7 Å². The van der Waals surface area contributed by atoms with Crippen molar-refractivity contribution in [3.05, 3.63) is 35.8 Å². The molecule has 0 aromatic carbocycles. The van der Waals surface area contributed by atoms with Gasteiger partial charge in [-0.25, -0.2) is 0 Å². The van der Waals surface area contributed by atoms with Crippen molar-refractivity contribution in [3.63, 3.8) is 0 Å². The van der Waals surface area contributed by atoms with Gasteiger partial charge >= 0.3 is 0 Å². The first-order chi connectivity index (χ1) is 10.7. The Morgan fingerprint density at radius 2 is 2.14 bits per heavy atom. The summed E-state index contributed by atoms with van der Waals surface area (Å²) in [6.07, 6.45) is 2.20. The molecule has 22 heavy (non-hydrogen) atoms. The standard InChI is InChI=1S/C15H18N6O/c1-10-7-8-20(12(9-10)13-4-3-11(2)22-13)15-6-5-14-16-18-19-21(14)17-15/h3-6,10,12H,7-9H2,1-2H3/t10-,12+/m0/s1. The minimum absolute atomic E-state index is 0.207. The van der Waals surface area contributed by atoms with Crippen molar-refractivity contribution in [1.82, 2.24) is 25.3 Å². The van der Waals surface area contributed by atoms with Gasteiger partial charge in [-0.1, -0.05) is 6.92 Å². The maximum absolute atomic E-state index is 5.88. The number of nitrogens with zero attached hydrogens (tertiary/aromatic N) is 6. The number of tetrazole rings is 1. The maximum Gasteiger partial charge on any atom is 0.200 e. The molecule has 4 rings (SSSR count). The summed E-state index contributed by atoms with van der Waals surface area (Å²) in [5.41, 5.74) is 0.652. The molecule has 0 radical (unpaired) electrons. The molecule has 3 aromatic rings. The number of aromatic nitrogens is 5. The fourth-order valence-electron chi connectivity index (χ4n) is 3.11. The SMILES string of the molecule is Cc1ccc([C@H]2C[C@@H](C)CCN2c2ccc3nnnn3n2)o1. The van der Waals surface area contributed by atoms with E-state index >= 15 is 0 Å². The second-order valence-electron chi connectivity index (χ2n) is 6.01. The van der Waals surface area contributed by atoms with E-state index in [2.05, 4.69) is 38.5 Å². The van der Waals surface area contributed by atoms with Crippen LogP contribution in [-0.4, -0.2) is 31.8 Å². The van der Waals surface area contributed by atoms with Crippen molar-refractivity contribution in [3.8, 4) is 0 Å². The summed E-state index contributed by atoms with van der Waals surface area (Å²) < 4.78 is 7.35. The molecule has 2 atom stereocenters. The average molecular weight is 298 g/mol. The monoisotopic (exact) mass is 298 g/mol. The second-order valence-corrected chi connectivity index (χ2v) is 6.01. The van der Waals surface area contributed by atoms with E-state index in [4.69, 9.17) is 4.42 Å². The van der Waals surface area contributed by atoms with E-state index in [1.807, 2.05) is 25.1 Å². The van der Waals surface area contributed by atoms with E-state index in [0.717, 1.165) is 36.7 Å². The molecule has 1 fully saturated rings. The van der Waals surface area contributed by atoms with E-state index in [9.17, 15) is 0 Å². The lowest BCUT2D eigenvalue weighted by Gasteiger charge is -2.38. The minimum Gasteiger partial charge on any atom is -0.464 e. The predicted octanol–water partition coefficient (Wildman–Crippen LogP) is 2.40. The highest BCUT2D eigenvalue weighted by molar-refractivity contribution is 5.46. The molecule has 0 bridgehead atoms. The van der Waals surface area contributed by atoms with Gasteiger partial charge in [-0.2, -0.15) is 0 Å². The quantitative estimate of drug-likeness (QED) is 0.723. The van der Waals surface area contributed by atoms with Crippen molar-refractivity contribution in [1.29, 1.82) is 0 Å². The van der Waals surface area contributed by atoms with Crippen molar-refractivity contribution in [2.24, 2.45) is 5.92 Å².